The van der Waals surface area contributed by atoms with Crippen LogP contribution in [0.25, 0.3) is 0 Å². The molecule has 1 aliphatic rings. The molecule has 0 saturated carbocycles. The third kappa shape index (κ3) is 2.44. The predicted octanol–water partition coefficient (Wildman–Crippen LogP) is 1.43. The van der Waals surface area contributed by atoms with Crippen LogP contribution in [0.2, 0.25) is 0 Å². The average molecular weight is 184 g/mol. The zero-order valence-corrected chi connectivity index (χ0v) is 9.72. The first-order valence-corrected chi connectivity index (χ1v) is 5.30. The highest BCUT2D eigenvalue weighted by molar-refractivity contribution is 4.89. The third-order valence-corrected chi connectivity index (χ3v) is 3.63. The van der Waals surface area contributed by atoms with Gasteiger partial charge in [0, 0.05) is 13.1 Å². The molecule has 0 aromatic heterocycles. The number of rotatable bonds is 2. The minimum Gasteiger partial charge on any atom is -0.319 e. The summed E-state index contributed by atoms with van der Waals surface area (Å²) in [6.07, 6.45) is 0. The van der Waals surface area contributed by atoms with E-state index >= 15 is 0 Å². The lowest BCUT2D eigenvalue weighted by atomic mass is 9.69. The maximum absolute atomic E-state index is 3.30. The molecule has 0 amide bonds. The van der Waals surface area contributed by atoms with Gasteiger partial charge >= 0.3 is 0 Å². The van der Waals surface area contributed by atoms with Crippen LogP contribution in [-0.2, 0) is 0 Å². The summed E-state index contributed by atoms with van der Waals surface area (Å²) in [7, 11) is 4.28. The minimum absolute atomic E-state index is 0.467. The second-order valence-electron chi connectivity index (χ2n) is 5.29. The normalized spacial score (nSPS) is 34.8. The first-order valence-electron chi connectivity index (χ1n) is 5.30. The fourth-order valence-corrected chi connectivity index (χ4v) is 2.60. The molecule has 1 rings (SSSR count). The Morgan fingerprint density at radius 3 is 2.62 bits per heavy atom. The molecule has 0 aromatic rings. The lowest BCUT2D eigenvalue weighted by Crippen LogP contribution is -2.50. The van der Waals surface area contributed by atoms with E-state index in [4.69, 9.17) is 0 Å². The van der Waals surface area contributed by atoms with Gasteiger partial charge in [0.1, 0.15) is 0 Å². The van der Waals surface area contributed by atoms with Gasteiger partial charge in [-0.1, -0.05) is 20.8 Å². The number of piperidine rings is 1. The van der Waals surface area contributed by atoms with Crippen molar-refractivity contribution in [1.29, 1.82) is 0 Å². The maximum Gasteiger partial charge on any atom is 0.00324 e. The third-order valence-electron chi connectivity index (χ3n) is 3.63. The van der Waals surface area contributed by atoms with Crippen LogP contribution in [0, 0.1) is 17.3 Å². The Labute approximate surface area is 82.7 Å². The summed E-state index contributed by atoms with van der Waals surface area (Å²) in [6, 6.07) is 0. The SMILES string of the molecule is CNCC1CN(C)CC(C)(C)C1C. The van der Waals surface area contributed by atoms with Crippen molar-refractivity contribution >= 4 is 0 Å². The highest BCUT2D eigenvalue weighted by Gasteiger charge is 2.37. The average Bonchev–Trinajstić information content (AvgIpc) is 1.99. The summed E-state index contributed by atoms with van der Waals surface area (Å²) >= 11 is 0. The first kappa shape index (κ1) is 11.0. The summed E-state index contributed by atoms with van der Waals surface area (Å²) in [5.74, 6) is 1.62. The molecule has 1 heterocycles. The monoisotopic (exact) mass is 184 g/mol. The van der Waals surface area contributed by atoms with E-state index in [0.29, 0.717) is 5.41 Å². The smallest absolute Gasteiger partial charge is 0.00324 e. The van der Waals surface area contributed by atoms with Gasteiger partial charge in [-0.3, -0.25) is 0 Å². The van der Waals surface area contributed by atoms with E-state index in [1.807, 2.05) is 7.05 Å². The molecular formula is C11H24N2. The van der Waals surface area contributed by atoms with Crippen LogP contribution < -0.4 is 5.32 Å². The summed E-state index contributed by atoms with van der Waals surface area (Å²) < 4.78 is 0. The molecule has 1 aliphatic heterocycles. The van der Waals surface area contributed by atoms with Gasteiger partial charge in [-0.15, -0.1) is 0 Å². The van der Waals surface area contributed by atoms with Gasteiger partial charge in [-0.25, -0.2) is 0 Å². The van der Waals surface area contributed by atoms with Crippen LogP contribution in [0.5, 0.6) is 0 Å². The molecule has 0 spiro atoms. The Kier molecular flexibility index (Phi) is 3.36. The van der Waals surface area contributed by atoms with Crippen LogP contribution in [0.15, 0.2) is 0 Å². The van der Waals surface area contributed by atoms with Gasteiger partial charge in [0.05, 0.1) is 0 Å². The fourth-order valence-electron chi connectivity index (χ4n) is 2.60. The van der Waals surface area contributed by atoms with Gasteiger partial charge in [0.15, 0.2) is 0 Å². The van der Waals surface area contributed by atoms with Gasteiger partial charge in [-0.2, -0.15) is 0 Å². The molecule has 0 bridgehead atoms. The predicted molar refractivity (Wildman–Crippen MR) is 57.9 cm³/mol. The number of nitrogens with zero attached hydrogens (tertiary/aromatic N) is 1. The molecule has 0 radical (unpaired) electrons. The molecule has 2 nitrogen and oxygen atoms in total. The quantitative estimate of drug-likeness (QED) is 0.698. The van der Waals surface area contributed by atoms with Crippen LogP contribution >= 0.6 is 0 Å². The molecule has 1 fully saturated rings. The maximum atomic E-state index is 3.30. The van der Waals surface area contributed by atoms with Crippen molar-refractivity contribution in [2.75, 3.05) is 33.7 Å². The topological polar surface area (TPSA) is 15.3 Å². The molecule has 2 heteroatoms. The van der Waals surface area contributed by atoms with Crippen molar-refractivity contribution in [2.24, 2.45) is 17.3 Å². The van der Waals surface area contributed by atoms with Crippen molar-refractivity contribution in [3.63, 3.8) is 0 Å². The molecule has 1 saturated heterocycles. The van der Waals surface area contributed by atoms with E-state index < -0.39 is 0 Å². The van der Waals surface area contributed by atoms with Gasteiger partial charge < -0.3 is 10.2 Å². The Hall–Kier alpha value is -0.0800. The molecule has 2 unspecified atom stereocenters. The van der Waals surface area contributed by atoms with Gasteiger partial charge in [-0.05, 0) is 37.9 Å². The molecule has 13 heavy (non-hydrogen) atoms. The van der Waals surface area contributed by atoms with Crippen LogP contribution in [0.1, 0.15) is 20.8 Å². The summed E-state index contributed by atoms with van der Waals surface area (Å²) in [5.41, 5.74) is 0.467. The van der Waals surface area contributed by atoms with Crippen molar-refractivity contribution in [1.82, 2.24) is 10.2 Å². The molecule has 1 N–H and O–H groups in total. The summed E-state index contributed by atoms with van der Waals surface area (Å²) in [4.78, 5) is 2.46. The van der Waals surface area contributed by atoms with Crippen molar-refractivity contribution in [2.45, 2.75) is 20.8 Å². The van der Waals surface area contributed by atoms with Gasteiger partial charge in [0.25, 0.3) is 0 Å². The number of hydrogen-bond acceptors (Lipinski definition) is 2. The van der Waals surface area contributed by atoms with E-state index in [2.05, 4.69) is 38.0 Å². The number of likely N-dealkylation sites (tertiary alicyclic amines) is 1. The standard InChI is InChI=1S/C11H24N2/c1-9-10(6-12-4)7-13(5)8-11(9,2)3/h9-10,12H,6-8H2,1-5H3. The number of hydrogen-bond donors (Lipinski definition) is 1. The minimum atomic E-state index is 0.467. The lowest BCUT2D eigenvalue weighted by Gasteiger charge is -2.46. The Bertz CT molecular complexity index is 165. The zero-order chi connectivity index (χ0) is 10.1. The molecule has 2 atom stereocenters. The Morgan fingerprint density at radius 2 is 2.08 bits per heavy atom. The highest BCUT2D eigenvalue weighted by Crippen LogP contribution is 2.37. The van der Waals surface area contributed by atoms with Crippen LogP contribution in [0.4, 0.5) is 0 Å². The van der Waals surface area contributed by atoms with E-state index in [0.717, 1.165) is 18.4 Å². The molecule has 78 valence electrons. The van der Waals surface area contributed by atoms with Crippen molar-refractivity contribution < 1.29 is 0 Å². The van der Waals surface area contributed by atoms with E-state index in [1.54, 1.807) is 0 Å². The fraction of sp³-hybridized carbons (Fsp3) is 1.00. The zero-order valence-electron chi connectivity index (χ0n) is 9.72. The Balaban J connectivity index is 2.64. The van der Waals surface area contributed by atoms with Crippen LogP contribution in [0.3, 0.4) is 0 Å². The molecular weight excluding hydrogens is 160 g/mol. The highest BCUT2D eigenvalue weighted by atomic mass is 15.1. The molecule has 0 aromatic carbocycles. The van der Waals surface area contributed by atoms with Crippen LogP contribution in [-0.4, -0.2) is 38.6 Å². The number of nitrogens with one attached hydrogen (secondary N) is 1. The largest absolute Gasteiger partial charge is 0.319 e. The Morgan fingerprint density at radius 1 is 1.46 bits per heavy atom. The second-order valence-corrected chi connectivity index (χ2v) is 5.29. The lowest BCUT2D eigenvalue weighted by molar-refractivity contribution is 0.0303. The summed E-state index contributed by atoms with van der Waals surface area (Å²) in [5, 5.41) is 3.30. The van der Waals surface area contributed by atoms with E-state index in [1.165, 1.54) is 13.1 Å². The van der Waals surface area contributed by atoms with E-state index in [9.17, 15) is 0 Å². The first-order chi connectivity index (χ1) is 5.97. The second kappa shape index (κ2) is 3.97. The summed E-state index contributed by atoms with van der Waals surface area (Å²) in [6.45, 7) is 10.8. The van der Waals surface area contributed by atoms with Gasteiger partial charge in [0.2, 0.25) is 0 Å². The van der Waals surface area contributed by atoms with E-state index in [-0.39, 0.29) is 0 Å². The van der Waals surface area contributed by atoms with Crippen molar-refractivity contribution in [3.05, 3.63) is 0 Å². The van der Waals surface area contributed by atoms with Crippen molar-refractivity contribution in [3.8, 4) is 0 Å². The molecule has 0 aliphatic carbocycles.